The first-order valence-corrected chi connectivity index (χ1v) is 6.45. The zero-order valence-corrected chi connectivity index (χ0v) is 11.7. The molecule has 3 rings (SSSR count). The van der Waals surface area contributed by atoms with Crippen LogP contribution in [0.4, 0.5) is 0 Å². The van der Waals surface area contributed by atoms with Gasteiger partial charge < -0.3 is 14.2 Å². The van der Waals surface area contributed by atoms with Crippen molar-refractivity contribution < 1.29 is 19.0 Å². The number of methoxy groups -OCH3 is 2. The van der Waals surface area contributed by atoms with Gasteiger partial charge in [-0.15, -0.1) is 0 Å². The number of hydrogen-bond donors (Lipinski definition) is 0. The summed E-state index contributed by atoms with van der Waals surface area (Å²) in [5.41, 5.74) is 1.50. The molecule has 1 aliphatic rings. The molecule has 0 aliphatic carbocycles. The Hall–Kier alpha value is -2.63. The van der Waals surface area contributed by atoms with Crippen LogP contribution < -0.4 is 14.2 Å². The van der Waals surface area contributed by atoms with Crippen LogP contribution >= 0.6 is 0 Å². The van der Waals surface area contributed by atoms with Crippen LogP contribution in [0.2, 0.25) is 0 Å². The minimum Gasteiger partial charge on any atom is -0.496 e. The van der Waals surface area contributed by atoms with Gasteiger partial charge in [0.25, 0.3) is 0 Å². The van der Waals surface area contributed by atoms with Crippen molar-refractivity contribution in [2.75, 3.05) is 14.2 Å². The number of esters is 1. The van der Waals surface area contributed by atoms with Gasteiger partial charge in [-0.3, -0.25) is 14.8 Å². The van der Waals surface area contributed by atoms with Crippen LogP contribution in [0.3, 0.4) is 0 Å². The highest BCUT2D eigenvalue weighted by Gasteiger charge is 2.33. The van der Waals surface area contributed by atoms with Crippen molar-refractivity contribution in [3.63, 3.8) is 0 Å². The molecule has 1 aliphatic heterocycles. The average molecular weight is 286 g/mol. The Morgan fingerprint density at radius 1 is 1.24 bits per heavy atom. The molecule has 1 atom stereocenters. The van der Waals surface area contributed by atoms with Gasteiger partial charge in [0.05, 0.1) is 26.3 Å². The van der Waals surface area contributed by atoms with Crippen LogP contribution in [0, 0.1) is 0 Å². The Labute approximate surface area is 121 Å². The standard InChI is InChI=1S/C15H14N2O4/c1-19-9-5-12(20-2)15-10(11-8-16-3-4-17-11)7-14(18)21-13(15)6-9/h3-6,8,10H,7H2,1-2H3. The predicted octanol–water partition coefficient (Wildman–Crippen LogP) is 1.93. The SMILES string of the molecule is COc1cc(OC)c2c(c1)OC(=O)CC2c1cnccn1. The number of benzene rings is 1. The van der Waals surface area contributed by atoms with Crippen molar-refractivity contribution in [1.29, 1.82) is 0 Å². The summed E-state index contributed by atoms with van der Waals surface area (Å²) in [7, 11) is 3.12. The lowest BCUT2D eigenvalue weighted by atomic mass is 9.89. The van der Waals surface area contributed by atoms with Gasteiger partial charge in [0, 0.05) is 42.2 Å². The number of carbonyl (C=O) groups is 1. The highest BCUT2D eigenvalue weighted by molar-refractivity contribution is 5.79. The average Bonchev–Trinajstić information content (AvgIpc) is 2.53. The van der Waals surface area contributed by atoms with Crippen LogP contribution in [-0.2, 0) is 4.79 Å². The third-order valence-corrected chi connectivity index (χ3v) is 3.42. The van der Waals surface area contributed by atoms with Gasteiger partial charge in [-0.2, -0.15) is 0 Å². The summed E-state index contributed by atoms with van der Waals surface area (Å²) in [6, 6.07) is 3.44. The maximum absolute atomic E-state index is 11.9. The summed E-state index contributed by atoms with van der Waals surface area (Å²) in [6.07, 6.45) is 5.05. The normalized spacial score (nSPS) is 16.9. The molecule has 1 unspecified atom stereocenters. The molecule has 21 heavy (non-hydrogen) atoms. The Balaban J connectivity index is 2.17. The lowest BCUT2D eigenvalue weighted by molar-refractivity contribution is -0.135. The first-order valence-electron chi connectivity index (χ1n) is 6.45. The zero-order valence-electron chi connectivity index (χ0n) is 11.7. The molecule has 0 amide bonds. The Bertz CT molecular complexity index is 673. The molecule has 6 nitrogen and oxygen atoms in total. The van der Waals surface area contributed by atoms with E-state index in [1.54, 1.807) is 44.9 Å². The van der Waals surface area contributed by atoms with Gasteiger partial charge in [-0.05, 0) is 0 Å². The number of fused-ring (bicyclic) bond motifs is 1. The third-order valence-electron chi connectivity index (χ3n) is 3.42. The third kappa shape index (κ3) is 2.40. The second-order valence-electron chi connectivity index (χ2n) is 4.60. The van der Waals surface area contributed by atoms with Crippen molar-refractivity contribution in [1.82, 2.24) is 9.97 Å². The van der Waals surface area contributed by atoms with E-state index < -0.39 is 0 Å². The predicted molar refractivity (Wildman–Crippen MR) is 73.7 cm³/mol. The molecule has 0 spiro atoms. The van der Waals surface area contributed by atoms with E-state index in [1.807, 2.05) is 0 Å². The van der Waals surface area contributed by atoms with E-state index in [0.717, 1.165) is 5.56 Å². The van der Waals surface area contributed by atoms with Gasteiger partial charge >= 0.3 is 5.97 Å². The van der Waals surface area contributed by atoms with Crippen LogP contribution in [0.15, 0.2) is 30.7 Å². The lowest BCUT2D eigenvalue weighted by Crippen LogP contribution is -2.22. The van der Waals surface area contributed by atoms with E-state index in [9.17, 15) is 4.79 Å². The van der Waals surface area contributed by atoms with E-state index in [2.05, 4.69) is 9.97 Å². The Kier molecular flexibility index (Phi) is 3.43. The monoisotopic (exact) mass is 286 g/mol. The maximum atomic E-state index is 11.9. The van der Waals surface area contributed by atoms with Gasteiger partial charge in [-0.1, -0.05) is 0 Å². The molecule has 2 heterocycles. The number of ether oxygens (including phenoxy) is 3. The van der Waals surface area contributed by atoms with E-state index in [0.29, 0.717) is 22.9 Å². The molecule has 0 fully saturated rings. The van der Waals surface area contributed by atoms with Crippen LogP contribution in [0.25, 0.3) is 0 Å². The fraction of sp³-hybridized carbons (Fsp3) is 0.267. The highest BCUT2D eigenvalue weighted by Crippen LogP contribution is 2.45. The quantitative estimate of drug-likeness (QED) is 0.634. The number of nitrogens with zero attached hydrogens (tertiary/aromatic N) is 2. The van der Waals surface area contributed by atoms with Crippen molar-refractivity contribution in [2.45, 2.75) is 12.3 Å². The van der Waals surface area contributed by atoms with Crippen molar-refractivity contribution in [2.24, 2.45) is 0 Å². The Morgan fingerprint density at radius 2 is 2.10 bits per heavy atom. The summed E-state index contributed by atoms with van der Waals surface area (Å²) < 4.78 is 15.9. The topological polar surface area (TPSA) is 70.5 Å². The Morgan fingerprint density at radius 3 is 2.76 bits per heavy atom. The molecular weight excluding hydrogens is 272 g/mol. The number of rotatable bonds is 3. The van der Waals surface area contributed by atoms with Gasteiger partial charge in [0.1, 0.15) is 17.2 Å². The minimum absolute atomic E-state index is 0.203. The molecule has 0 radical (unpaired) electrons. The molecule has 6 heteroatoms. The van der Waals surface area contributed by atoms with Crippen LogP contribution in [0.5, 0.6) is 17.2 Å². The van der Waals surface area contributed by atoms with E-state index >= 15 is 0 Å². The summed E-state index contributed by atoms with van der Waals surface area (Å²) in [5, 5.41) is 0. The second kappa shape index (κ2) is 5.40. The molecule has 0 bridgehead atoms. The molecule has 0 N–H and O–H groups in total. The fourth-order valence-corrected chi connectivity index (χ4v) is 2.47. The van der Waals surface area contributed by atoms with Crippen LogP contribution in [-0.4, -0.2) is 30.2 Å². The number of aromatic nitrogens is 2. The lowest BCUT2D eigenvalue weighted by Gasteiger charge is -2.26. The minimum atomic E-state index is -0.312. The summed E-state index contributed by atoms with van der Waals surface area (Å²) in [5.74, 6) is 1.06. The number of hydrogen-bond acceptors (Lipinski definition) is 6. The van der Waals surface area contributed by atoms with Gasteiger partial charge in [-0.25, -0.2) is 0 Å². The molecule has 108 valence electrons. The molecule has 2 aromatic rings. The van der Waals surface area contributed by atoms with E-state index in [-0.39, 0.29) is 18.3 Å². The highest BCUT2D eigenvalue weighted by atomic mass is 16.5. The van der Waals surface area contributed by atoms with E-state index in [4.69, 9.17) is 14.2 Å². The van der Waals surface area contributed by atoms with Crippen LogP contribution in [0.1, 0.15) is 23.6 Å². The maximum Gasteiger partial charge on any atom is 0.312 e. The van der Waals surface area contributed by atoms with Gasteiger partial charge in [0.2, 0.25) is 0 Å². The first kappa shape index (κ1) is 13.4. The van der Waals surface area contributed by atoms with Crippen molar-refractivity contribution in [3.8, 4) is 17.2 Å². The van der Waals surface area contributed by atoms with Crippen molar-refractivity contribution in [3.05, 3.63) is 42.0 Å². The summed E-state index contributed by atoms with van der Waals surface area (Å²) in [4.78, 5) is 20.2. The van der Waals surface area contributed by atoms with Gasteiger partial charge in [0.15, 0.2) is 0 Å². The molecular formula is C15H14N2O4. The molecule has 1 aromatic carbocycles. The summed E-state index contributed by atoms with van der Waals surface area (Å²) >= 11 is 0. The fourth-order valence-electron chi connectivity index (χ4n) is 2.47. The molecule has 1 aromatic heterocycles. The molecule has 0 saturated heterocycles. The number of carbonyl (C=O) groups excluding carboxylic acids is 1. The first-order chi connectivity index (χ1) is 10.2. The van der Waals surface area contributed by atoms with Crippen molar-refractivity contribution >= 4 is 5.97 Å². The largest absolute Gasteiger partial charge is 0.496 e. The van der Waals surface area contributed by atoms with E-state index in [1.165, 1.54) is 0 Å². The smallest absolute Gasteiger partial charge is 0.312 e. The molecule has 0 saturated carbocycles. The zero-order chi connectivity index (χ0) is 14.8. The second-order valence-corrected chi connectivity index (χ2v) is 4.60. The summed E-state index contributed by atoms with van der Waals surface area (Å²) in [6.45, 7) is 0.